The molecule has 1 saturated heterocycles. The second kappa shape index (κ2) is 6.91. The number of anilines is 1. The predicted molar refractivity (Wildman–Crippen MR) is 81.4 cm³/mol. The van der Waals surface area contributed by atoms with Crippen LogP contribution in [0.3, 0.4) is 0 Å². The molecule has 1 aromatic carbocycles. The summed E-state index contributed by atoms with van der Waals surface area (Å²) in [5, 5.41) is 2.52. The first kappa shape index (κ1) is 16.5. The normalized spacial score (nSPS) is 18.0. The molecule has 0 saturated carbocycles. The van der Waals surface area contributed by atoms with E-state index < -0.39 is 15.9 Å². The van der Waals surface area contributed by atoms with Crippen LogP contribution < -0.4 is 14.8 Å². The molecule has 7 nitrogen and oxygen atoms in total. The van der Waals surface area contributed by atoms with Gasteiger partial charge in [0, 0.05) is 18.3 Å². The van der Waals surface area contributed by atoms with E-state index >= 15 is 0 Å². The SMILES string of the molecule is C=CC(=O)Nc1ccc(OC)c(S(=O)(=O)NC2CCOC2)c1. The Hall–Kier alpha value is -1.90. The van der Waals surface area contributed by atoms with Gasteiger partial charge in [0.2, 0.25) is 15.9 Å². The van der Waals surface area contributed by atoms with Crippen molar-refractivity contribution in [1.29, 1.82) is 0 Å². The zero-order valence-corrected chi connectivity index (χ0v) is 13.0. The molecule has 1 amide bonds. The fourth-order valence-corrected chi connectivity index (χ4v) is 3.52. The van der Waals surface area contributed by atoms with Gasteiger partial charge in [-0.25, -0.2) is 13.1 Å². The van der Waals surface area contributed by atoms with E-state index in [1.807, 2.05) is 0 Å². The third-order valence-electron chi connectivity index (χ3n) is 3.16. The van der Waals surface area contributed by atoms with E-state index in [1.54, 1.807) is 6.07 Å². The van der Waals surface area contributed by atoms with Crippen molar-refractivity contribution in [2.75, 3.05) is 25.6 Å². The third-order valence-corrected chi connectivity index (χ3v) is 4.70. The molecule has 2 N–H and O–H groups in total. The summed E-state index contributed by atoms with van der Waals surface area (Å²) in [4.78, 5) is 11.3. The van der Waals surface area contributed by atoms with Crippen LogP contribution in [0.15, 0.2) is 35.7 Å². The van der Waals surface area contributed by atoms with Crippen molar-refractivity contribution in [3.8, 4) is 5.75 Å². The quantitative estimate of drug-likeness (QED) is 0.757. The molecule has 0 aliphatic carbocycles. The second-order valence-electron chi connectivity index (χ2n) is 4.74. The standard InChI is InChI=1S/C14H18N2O5S/c1-3-14(17)15-10-4-5-12(20-2)13(8-10)22(18,19)16-11-6-7-21-9-11/h3-5,8,11,16H,1,6-7,9H2,2H3,(H,15,17). The van der Waals surface area contributed by atoms with E-state index in [0.717, 1.165) is 6.08 Å². The third kappa shape index (κ3) is 3.85. The van der Waals surface area contributed by atoms with Gasteiger partial charge in [0.1, 0.15) is 10.6 Å². The van der Waals surface area contributed by atoms with Crippen LogP contribution in [-0.4, -0.2) is 40.7 Å². The predicted octanol–water partition coefficient (Wildman–Crippen LogP) is 0.887. The molecule has 1 heterocycles. The summed E-state index contributed by atoms with van der Waals surface area (Å²) in [6.45, 7) is 4.22. The Morgan fingerprint density at radius 2 is 2.27 bits per heavy atom. The van der Waals surface area contributed by atoms with Crippen molar-refractivity contribution < 1.29 is 22.7 Å². The molecule has 22 heavy (non-hydrogen) atoms. The molecule has 1 unspecified atom stereocenters. The highest BCUT2D eigenvalue weighted by Gasteiger charge is 2.26. The molecule has 0 spiro atoms. The highest BCUT2D eigenvalue weighted by Crippen LogP contribution is 2.27. The maximum Gasteiger partial charge on any atom is 0.247 e. The average molecular weight is 326 g/mol. The van der Waals surface area contributed by atoms with Crippen LogP contribution in [0.2, 0.25) is 0 Å². The van der Waals surface area contributed by atoms with Gasteiger partial charge in [-0.15, -0.1) is 0 Å². The summed E-state index contributed by atoms with van der Waals surface area (Å²) in [5.41, 5.74) is 0.341. The molecule has 0 aromatic heterocycles. The van der Waals surface area contributed by atoms with Gasteiger partial charge >= 0.3 is 0 Å². The van der Waals surface area contributed by atoms with E-state index in [2.05, 4.69) is 16.6 Å². The molecule has 1 atom stereocenters. The molecular weight excluding hydrogens is 308 g/mol. The van der Waals surface area contributed by atoms with E-state index in [-0.39, 0.29) is 16.7 Å². The van der Waals surface area contributed by atoms with Crippen LogP contribution in [0.5, 0.6) is 5.75 Å². The van der Waals surface area contributed by atoms with Gasteiger partial charge < -0.3 is 14.8 Å². The van der Waals surface area contributed by atoms with Gasteiger partial charge in [-0.1, -0.05) is 6.58 Å². The number of hydrogen-bond acceptors (Lipinski definition) is 5. The summed E-state index contributed by atoms with van der Waals surface area (Å²) in [6.07, 6.45) is 1.72. The van der Waals surface area contributed by atoms with Crippen LogP contribution in [0.25, 0.3) is 0 Å². The van der Waals surface area contributed by atoms with E-state index in [4.69, 9.17) is 9.47 Å². The van der Waals surface area contributed by atoms with Crippen LogP contribution in [0, 0.1) is 0 Å². The Labute approximate surface area is 129 Å². The Kier molecular flexibility index (Phi) is 5.17. The molecule has 1 aromatic rings. The van der Waals surface area contributed by atoms with Crippen molar-refractivity contribution in [1.82, 2.24) is 4.72 Å². The zero-order chi connectivity index (χ0) is 16.2. The van der Waals surface area contributed by atoms with Crippen molar-refractivity contribution in [3.05, 3.63) is 30.9 Å². The number of amides is 1. The average Bonchev–Trinajstić information content (AvgIpc) is 2.99. The van der Waals surface area contributed by atoms with Crippen molar-refractivity contribution in [2.45, 2.75) is 17.4 Å². The van der Waals surface area contributed by atoms with Crippen molar-refractivity contribution in [3.63, 3.8) is 0 Å². The number of rotatable bonds is 6. The number of carbonyl (C=O) groups excluding carboxylic acids is 1. The van der Waals surface area contributed by atoms with Crippen LogP contribution in [0.4, 0.5) is 5.69 Å². The highest BCUT2D eigenvalue weighted by atomic mass is 32.2. The summed E-state index contributed by atoms with van der Waals surface area (Å²) in [7, 11) is -2.40. The molecule has 0 bridgehead atoms. The minimum absolute atomic E-state index is 0.0382. The van der Waals surface area contributed by atoms with E-state index in [1.165, 1.54) is 19.2 Å². The first-order chi connectivity index (χ1) is 10.5. The smallest absolute Gasteiger partial charge is 0.247 e. The maximum absolute atomic E-state index is 12.5. The number of ether oxygens (including phenoxy) is 2. The highest BCUT2D eigenvalue weighted by molar-refractivity contribution is 7.89. The molecule has 2 rings (SSSR count). The van der Waals surface area contributed by atoms with Gasteiger partial charge in [0.05, 0.1) is 13.7 Å². The largest absolute Gasteiger partial charge is 0.495 e. The zero-order valence-electron chi connectivity index (χ0n) is 12.2. The fourth-order valence-electron chi connectivity index (χ4n) is 2.07. The summed E-state index contributed by atoms with van der Waals surface area (Å²) >= 11 is 0. The number of benzene rings is 1. The lowest BCUT2D eigenvalue weighted by Crippen LogP contribution is -2.35. The number of sulfonamides is 1. The molecule has 8 heteroatoms. The van der Waals surface area contributed by atoms with Gasteiger partial charge in [-0.2, -0.15) is 0 Å². The lowest BCUT2D eigenvalue weighted by atomic mass is 10.3. The molecule has 0 radical (unpaired) electrons. The number of nitrogens with one attached hydrogen (secondary N) is 2. The Morgan fingerprint density at radius 1 is 1.50 bits per heavy atom. The van der Waals surface area contributed by atoms with E-state index in [0.29, 0.717) is 25.3 Å². The number of carbonyl (C=O) groups is 1. The molecular formula is C14H18N2O5S. The van der Waals surface area contributed by atoms with Crippen LogP contribution in [0.1, 0.15) is 6.42 Å². The molecule has 1 fully saturated rings. The van der Waals surface area contributed by atoms with Gasteiger partial charge in [-0.05, 0) is 30.7 Å². The second-order valence-corrected chi connectivity index (χ2v) is 6.42. The minimum atomic E-state index is -3.78. The van der Waals surface area contributed by atoms with Gasteiger partial charge in [-0.3, -0.25) is 4.79 Å². The van der Waals surface area contributed by atoms with Gasteiger partial charge in [0.15, 0.2) is 0 Å². The summed E-state index contributed by atoms with van der Waals surface area (Å²) < 4.78 is 37.8. The topological polar surface area (TPSA) is 93.7 Å². The van der Waals surface area contributed by atoms with Crippen LogP contribution >= 0.6 is 0 Å². The first-order valence-electron chi connectivity index (χ1n) is 6.68. The van der Waals surface area contributed by atoms with Crippen LogP contribution in [-0.2, 0) is 19.6 Å². The summed E-state index contributed by atoms with van der Waals surface area (Å²) in [5.74, 6) is -0.228. The molecule has 1 aliphatic heterocycles. The first-order valence-corrected chi connectivity index (χ1v) is 8.16. The maximum atomic E-state index is 12.5. The minimum Gasteiger partial charge on any atom is -0.495 e. The van der Waals surface area contributed by atoms with Gasteiger partial charge in [0.25, 0.3) is 0 Å². The Morgan fingerprint density at radius 3 is 2.86 bits per heavy atom. The van der Waals surface area contributed by atoms with E-state index in [9.17, 15) is 13.2 Å². The number of methoxy groups -OCH3 is 1. The monoisotopic (exact) mass is 326 g/mol. The molecule has 120 valence electrons. The summed E-state index contributed by atoms with van der Waals surface area (Å²) in [6, 6.07) is 4.12. The lowest BCUT2D eigenvalue weighted by molar-refractivity contribution is -0.111. The van der Waals surface area contributed by atoms with Crippen molar-refractivity contribution in [2.24, 2.45) is 0 Å². The van der Waals surface area contributed by atoms with Crippen molar-refractivity contribution >= 4 is 21.6 Å². The molecule has 1 aliphatic rings. The Bertz CT molecular complexity index is 666. The number of hydrogen-bond donors (Lipinski definition) is 2. The Balaban J connectivity index is 2.31. The lowest BCUT2D eigenvalue weighted by Gasteiger charge is -2.15. The fraction of sp³-hybridized carbons (Fsp3) is 0.357.